The molecule has 0 atom stereocenters. The van der Waals surface area contributed by atoms with Crippen LogP contribution in [0.2, 0.25) is 0 Å². The van der Waals surface area contributed by atoms with Crippen molar-refractivity contribution in [3.63, 3.8) is 0 Å². The zero-order valence-corrected chi connectivity index (χ0v) is 9.27. The molecule has 0 saturated carbocycles. The average Bonchev–Trinajstić information content (AvgIpc) is 2.48. The molecular weight excluding hydrogens is 186 g/mol. The van der Waals surface area contributed by atoms with Crippen molar-refractivity contribution >= 4 is 12.4 Å². The molecule has 0 bridgehead atoms. The summed E-state index contributed by atoms with van der Waals surface area (Å²) in [5.41, 5.74) is 1.26. The molecule has 1 rings (SSSR count). The van der Waals surface area contributed by atoms with Crippen molar-refractivity contribution in [2.45, 2.75) is 33.4 Å². The van der Waals surface area contributed by atoms with E-state index in [4.69, 9.17) is 0 Å². The molecule has 0 aliphatic rings. The predicted octanol–water partition coefficient (Wildman–Crippen LogP) is 2.00. The molecule has 0 aliphatic carbocycles. The average molecular weight is 204 g/mol. The Kier molecular flexibility index (Phi) is 5.75. The second-order valence-electron chi connectivity index (χ2n) is 3.20. The Morgan fingerprint density at radius 3 is 2.69 bits per heavy atom. The van der Waals surface area contributed by atoms with Gasteiger partial charge in [-0.25, -0.2) is 0 Å². The van der Waals surface area contributed by atoms with E-state index in [9.17, 15) is 0 Å². The first-order valence-electron chi connectivity index (χ1n) is 4.47. The van der Waals surface area contributed by atoms with Crippen LogP contribution in [0.4, 0.5) is 0 Å². The van der Waals surface area contributed by atoms with E-state index >= 15 is 0 Å². The Bertz CT molecular complexity index is 233. The largest absolute Gasteiger partial charge is 0.313 e. The molecule has 13 heavy (non-hydrogen) atoms. The number of aromatic nitrogens is 2. The van der Waals surface area contributed by atoms with Crippen LogP contribution in [0.5, 0.6) is 0 Å². The van der Waals surface area contributed by atoms with Gasteiger partial charge in [0.25, 0.3) is 0 Å². The van der Waals surface area contributed by atoms with Gasteiger partial charge >= 0.3 is 0 Å². The van der Waals surface area contributed by atoms with Crippen LogP contribution in [0, 0.1) is 0 Å². The molecule has 1 aromatic heterocycles. The quantitative estimate of drug-likeness (QED) is 0.812. The number of hydrogen-bond acceptors (Lipinski definition) is 2. The van der Waals surface area contributed by atoms with Gasteiger partial charge in [-0.05, 0) is 20.4 Å². The molecular formula is C9H18ClN3. The van der Waals surface area contributed by atoms with Gasteiger partial charge in [0.1, 0.15) is 0 Å². The van der Waals surface area contributed by atoms with Gasteiger partial charge in [-0.2, -0.15) is 5.10 Å². The Morgan fingerprint density at radius 2 is 2.23 bits per heavy atom. The maximum absolute atomic E-state index is 4.25. The minimum atomic E-state index is 0. The molecule has 1 heterocycles. The lowest BCUT2D eigenvalue weighted by Gasteiger charge is -2.03. The van der Waals surface area contributed by atoms with Crippen molar-refractivity contribution in [1.29, 1.82) is 0 Å². The fraction of sp³-hybridized carbons (Fsp3) is 0.667. The van der Waals surface area contributed by atoms with E-state index in [-0.39, 0.29) is 12.4 Å². The first kappa shape index (κ1) is 12.5. The molecule has 1 aromatic rings. The minimum Gasteiger partial charge on any atom is -0.313 e. The van der Waals surface area contributed by atoms with Crippen LogP contribution in [0.1, 0.15) is 32.4 Å². The van der Waals surface area contributed by atoms with Crippen LogP contribution in [0.15, 0.2) is 12.4 Å². The number of halogens is 1. The maximum Gasteiger partial charge on any atom is 0.0534 e. The first-order chi connectivity index (χ1) is 5.74. The summed E-state index contributed by atoms with van der Waals surface area (Å²) in [6.07, 6.45) is 4.01. The van der Waals surface area contributed by atoms with Crippen LogP contribution in [-0.4, -0.2) is 16.3 Å². The molecule has 0 unspecified atom stereocenters. The zero-order valence-electron chi connectivity index (χ0n) is 8.45. The summed E-state index contributed by atoms with van der Waals surface area (Å²) in [6.45, 7) is 8.29. The van der Waals surface area contributed by atoms with Crippen LogP contribution >= 0.6 is 12.4 Å². The second-order valence-corrected chi connectivity index (χ2v) is 3.20. The van der Waals surface area contributed by atoms with Gasteiger partial charge in [0.05, 0.1) is 6.20 Å². The van der Waals surface area contributed by atoms with E-state index in [0.29, 0.717) is 6.04 Å². The lowest BCUT2D eigenvalue weighted by molar-refractivity contribution is 0.531. The summed E-state index contributed by atoms with van der Waals surface area (Å²) in [6, 6.07) is 0.459. The SMILES string of the molecule is CCNCc1cnn(C(C)C)c1.Cl. The van der Waals surface area contributed by atoms with Gasteiger partial charge in [0.2, 0.25) is 0 Å². The van der Waals surface area contributed by atoms with Crippen molar-refractivity contribution < 1.29 is 0 Å². The third kappa shape index (κ3) is 3.79. The predicted molar refractivity (Wildman–Crippen MR) is 57.2 cm³/mol. The van der Waals surface area contributed by atoms with Crippen molar-refractivity contribution in [2.75, 3.05) is 6.54 Å². The second kappa shape index (κ2) is 6.00. The molecule has 1 N–H and O–H groups in total. The lowest BCUT2D eigenvalue weighted by Crippen LogP contribution is -2.11. The third-order valence-electron chi connectivity index (χ3n) is 1.76. The van der Waals surface area contributed by atoms with E-state index in [1.165, 1.54) is 5.56 Å². The molecule has 0 saturated heterocycles. The standard InChI is InChI=1S/C9H17N3.ClH/c1-4-10-5-9-6-11-12(7-9)8(2)3;/h6-8,10H,4-5H2,1-3H3;1H. The van der Waals surface area contributed by atoms with Crippen LogP contribution < -0.4 is 5.32 Å². The van der Waals surface area contributed by atoms with Crippen LogP contribution in [0.25, 0.3) is 0 Å². The van der Waals surface area contributed by atoms with E-state index in [1.54, 1.807) is 0 Å². The van der Waals surface area contributed by atoms with E-state index < -0.39 is 0 Å². The fourth-order valence-corrected chi connectivity index (χ4v) is 1.02. The topological polar surface area (TPSA) is 29.9 Å². The van der Waals surface area contributed by atoms with E-state index in [2.05, 4.69) is 37.4 Å². The Hall–Kier alpha value is -0.540. The number of nitrogens with one attached hydrogen (secondary N) is 1. The smallest absolute Gasteiger partial charge is 0.0534 e. The molecule has 0 fully saturated rings. The Labute approximate surface area is 85.9 Å². The number of rotatable bonds is 4. The van der Waals surface area contributed by atoms with Crippen molar-refractivity contribution in [3.05, 3.63) is 18.0 Å². The fourth-order valence-electron chi connectivity index (χ4n) is 1.02. The summed E-state index contributed by atoms with van der Waals surface area (Å²) in [4.78, 5) is 0. The van der Waals surface area contributed by atoms with Crippen LogP contribution in [-0.2, 0) is 6.54 Å². The highest BCUT2D eigenvalue weighted by molar-refractivity contribution is 5.85. The van der Waals surface area contributed by atoms with Gasteiger partial charge in [0.15, 0.2) is 0 Å². The monoisotopic (exact) mass is 203 g/mol. The van der Waals surface area contributed by atoms with Gasteiger partial charge in [-0.3, -0.25) is 4.68 Å². The first-order valence-corrected chi connectivity index (χ1v) is 4.47. The van der Waals surface area contributed by atoms with Gasteiger partial charge in [-0.1, -0.05) is 6.92 Å². The maximum atomic E-state index is 4.25. The minimum absolute atomic E-state index is 0. The molecule has 3 nitrogen and oxygen atoms in total. The number of hydrogen-bond donors (Lipinski definition) is 1. The van der Waals surface area contributed by atoms with Crippen molar-refractivity contribution in [1.82, 2.24) is 15.1 Å². The number of nitrogens with zero attached hydrogens (tertiary/aromatic N) is 2. The van der Waals surface area contributed by atoms with Gasteiger partial charge < -0.3 is 5.32 Å². The Balaban J connectivity index is 0.00000144. The molecule has 0 aromatic carbocycles. The third-order valence-corrected chi connectivity index (χ3v) is 1.76. The van der Waals surface area contributed by atoms with Crippen molar-refractivity contribution in [2.24, 2.45) is 0 Å². The molecule has 0 aliphatic heterocycles. The molecule has 76 valence electrons. The zero-order chi connectivity index (χ0) is 8.97. The molecule has 4 heteroatoms. The summed E-state index contributed by atoms with van der Waals surface area (Å²) in [5.74, 6) is 0. The Morgan fingerprint density at radius 1 is 1.54 bits per heavy atom. The summed E-state index contributed by atoms with van der Waals surface area (Å²) in [7, 11) is 0. The lowest BCUT2D eigenvalue weighted by atomic mass is 10.3. The highest BCUT2D eigenvalue weighted by Crippen LogP contribution is 2.04. The van der Waals surface area contributed by atoms with Crippen LogP contribution in [0.3, 0.4) is 0 Å². The van der Waals surface area contributed by atoms with Gasteiger partial charge in [-0.15, -0.1) is 12.4 Å². The highest BCUT2D eigenvalue weighted by Gasteiger charge is 1.99. The van der Waals surface area contributed by atoms with E-state index in [0.717, 1.165) is 13.1 Å². The van der Waals surface area contributed by atoms with Crippen molar-refractivity contribution in [3.8, 4) is 0 Å². The summed E-state index contributed by atoms with van der Waals surface area (Å²) in [5, 5.41) is 7.51. The normalized spacial score (nSPS) is 10.2. The van der Waals surface area contributed by atoms with E-state index in [1.807, 2.05) is 10.9 Å². The summed E-state index contributed by atoms with van der Waals surface area (Å²) < 4.78 is 1.98. The molecule has 0 spiro atoms. The molecule has 0 amide bonds. The highest BCUT2D eigenvalue weighted by atomic mass is 35.5. The molecule has 0 radical (unpaired) electrons. The van der Waals surface area contributed by atoms with Gasteiger partial charge in [0, 0.05) is 24.3 Å². The summed E-state index contributed by atoms with van der Waals surface area (Å²) >= 11 is 0.